The van der Waals surface area contributed by atoms with Gasteiger partial charge in [0.2, 0.25) is 0 Å². The Hall–Kier alpha value is -4.34. The molecule has 4 aromatic rings. The number of phenols is 2. The van der Waals surface area contributed by atoms with Crippen molar-refractivity contribution in [1.29, 1.82) is 0 Å². The van der Waals surface area contributed by atoms with Crippen LogP contribution in [0.25, 0.3) is 5.65 Å². The monoisotopic (exact) mass is 464 g/mol. The predicted octanol–water partition coefficient (Wildman–Crippen LogP) is 2.25. The van der Waals surface area contributed by atoms with Crippen molar-refractivity contribution in [3.8, 4) is 17.2 Å². The average molecular weight is 464 g/mol. The van der Waals surface area contributed by atoms with Gasteiger partial charge < -0.3 is 24.6 Å². The zero-order valence-electron chi connectivity index (χ0n) is 18.7. The number of benzene rings is 1. The summed E-state index contributed by atoms with van der Waals surface area (Å²) < 4.78 is 7.88. The SMILES string of the molecule is COC(=O)CC(c1c(O)cc(C)n(CCc2ccc(O)c(O)c2)c1=O)c1cnn2cccnc12. The Morgan fingerprint density at radius 2 is 1.94 bits per heavy atom. The van der Waals surface area contributed by atoms with Crippen LogP contribution in [0.2, 0.25) is 0 Å². The van der Waals surface area contributed by atoms with Crippen molar-refractivity contribution in [2.75, 3.05) is 7.11 Å². The lowest BCUT2D eigenvalue weighted by Gasteiger charge is -2.19. The zero-order valence-corrected chi connectivity index (χ0v) is 18.7. The van der Waals surface area contributed by atoms with Gasteiger partial charge in [-0.2, -0.15) is 5.10 Å². The van der Waals surface area contributed by atoms with Crippen LogP contribution >= 0.6 is 0 Å². The van der Waals surface area contributed by atoms with E-state index < -0.39 is 17.4 Å². The van der Waals surface area contributed by atoms with Gasteiger partial charge in [0.25, 0.3) is 5.56 Å². The van der Waals surface area contributed by atoms with Crippen LogP contribution in [-0.2, 0) is 22.5 Å². The number of pyridine rings is 1. The molecule has 10 heteroatoms. The first-order valence-electron chi connectivity index (χ1n) is 10.6. The number of rotatable bonds is 7. The zero-order chi connectivity index (χ0) is 24.4. The summed E-state index contributed by atoms with van der Waals surface area (Å²) >= 11 is 0. The van der Waals surface area contributed by atoms with Gasteiger partial charge in [-0.15, -0.1) is 0 Å². The largest absolute Gasteiger partial charge is 0.507 e. The van der Waals surface area contributed by atoms with Crippen molar-refractivity contribution in [2.45, 2.75) is 32.2 Å². The number of methoxy groups -OCH3 is 1. The summed E-state index contributed by atoms with van der Waals surface area (Å²) in [6.07, 6.45) is 5.00. The molecule has 0 aliphatic carbocycles. The first kappa shape index (κ1) is 22.8. The Labute approximate surface area is 194 Å². The minimum absolute atomic E-state index is 0.0464. The van der Waals surface area contributed by atoms with Crippen molar-refractivity contribution in [2.24, 2.45) is 0 Å². The maximum atomic E-state index is 13.6. The highest BCUT2D eigenvalue weighted by molar-refractivity contribution is 5.72. The summed E-state index contributed by atoms with van der Waals surface area (Å²) in [6, 6.07) is 7.65. The third kappa shape index (κ3) is 4.29. The first-order chi connectivity index (χ1) is 16.3. The molecule has 0 aliphatic heterocycles. The normalized spacial score (nSPS) is 12.1. The number of aryl methyl sites for hydroxylation is 2. The van der Waals surface area contributed by atoms with Gasteiger partial charge in [0.15, 0.2) is 17.1 Å². The number of nitrogens with zero attached hydrogens (tertiary/aromatic N) is 4. The molecule has 3 aromatic heterocycles. The van der Waals surface area contributed by atoms with E-state index in [1.54, 1.807) is 31.5 Å². The fourth-order valence-electron chi connectivity index (χ4n) is 4.05. The molecule has 3 heterocycles. The molecule has 3 N–H and O–H groups in total. The van der Waals surface area contributed by atoms with E-state index in [4.69, 9.17) is 4.74 Å². The predicted molar refractivity (Wildman–Crippen MR) is 122 cm³/mol. The van der Waals surface area contributed by atoms with E-state index in [1.165, 1.54) is 40.6 Å². The van der Waals surface area contributed by atoms with Gasteiger partial charge in [-0.3, -0.25) is 9.59 Å². The van der Waals surface area contributed by atoms with Gasteiger partial charge in [0, 0.05) is 36.1 Å². The molecule has 1 unspecified atom stereocenters. The van der Waals surface area contributed by atoms with Crippen LogP contribution in [0, 0.1) is 6.92 Å². The number of hydrogen-bond donors (Lipinski definition) is 3. The second-order valence-electron chi connectivity index (χ2n) is 7.94. The van der Waals surface area contributed by atoms with Crippen molar-refractivity contribution >= 4 is 11.6 Å². The van der Waals surface area contributed by atoms with Crippen molar-refractivity contribution < 1.29 is 24.9 Å². The molecule has 0 aliphatic rings. The van der Waals surface area contributed by atoms with E-state index in [9.17, 15) is 24.9 Å². The van der Waals surface area contributed by atoms with Crippen LogP contribution in [0.4, 0.5) is 0 Å². The van der Waals surface area contributed by atoms with Crippen LogP contribution < -0.4 is 5.56 Å². The molecule has 0 saturated carbocycles. The number of aromatic nitrogens is 4. The molecule has 176 valence electrons. The second kappa shape index (κ2) is 9.26. The van der Waals surface area contributed by atoms with Gasteiger partial charge in [0.05, 0.1) is 25.3 Å². The lowest BCUT2D eigenvalue weighted by Crippen LogP contribution is -2.29. The van der Waals surface area contributed by atoms with E-state index in [0.717, 1.165) is 0 Å². The van der Waals surface area contributed by atoms with Gasteiger partial charge in [-0.25, -0.2) is 9.50 Å². The Balaban J connectivity index is 1.79. The average Bonchev–Trinajstić information content (AvgIpc) is 3.24. The summed E-state index contributed by atoms with van der Waals surface area (Å²) in [4.78, 5) is 30.2. The van der Waals surface area contributed by atoms with Crippen LogP contribution in [0.15, 0.2) is 53.7 Å². The Bertz CT molecular complexity index is 1420. The summed E-state index contributed by atoms with van der Waals surface area (Å²) in [5.74, 6) is -2.09. The topological polar surface area (TPSA) is 139 Å². The molecule has 0 bridgehead atoms. The van der Waals surface area contributed by atoms with E-state index >= 15 is 0 Å². The Morgan fingerprint density at radius 1 is 1.15 bits per heavy atom. The van der Waals surface area contributed by atoms with Gasteiger partial charge in [0.1, 0.15) is 5.75 Å². The van der Waals surface area contributed by atoms with Gasteiger partial charge >= 0.3 is 5.97 Å². The third-order valence-corrected chi connectivity index (χ3v) is 5.82. The second-order valence-corrected chi connectivity index (χ2v) is 7.94. The highest BCUT2D eigenvalue weighted by atomic mass is 16.5. The van der Waals surface area contributed by atoms with Gasteiger partial charge in [-0.1, -0.05) is 6.07 Å². The standard InChI is InChI=1S/C24H24N4O6/c1-14-10-20(31)22(24(33)27(14)9-6-15-4-5-18(29)19(30)11-15)16(12-21(32)34-2)17-13-26-28-8-3-7-25-23(17)28/h3-5,7-8,10-11,13,16,29-31H,6,9,12H2,1-2H3. The highest BCUT2D eigenvalue weighted by Crippen LogP contribution is 2.34. The van der Waals surface area contributed by atoms with E-state index in [1.807, 2.05) is 0 Å². The number of carbonyl (C=O) groups is 1. The van der Waals surface area contributed by atoms with Crippen molar-refractivity contribution in [1.82, 2.24) is 19.2 Å². The van der Waals surface area contributed by atoms with E-state index in [0.29, 0.717) is 28.9 Å². The maximum Gasteiger partial charge on any atom is 0.306 e. The summed E-state index contributed by atoms with van der Waals surface area (Å²) in [7, 11) is 1.26. The van der Waals surface area contributed by atoms with E-state index in [-0.39, 0.29) is 35.8 Å². The minimum Gasteiger partial charge on any atom is -0.507 e. The number of phenolic OH excluding ortho intramolecular Hbond substituents is 2. The number of esters is 1. The molecular formula is C24H24N4O6. The quantitative estimate of drug-likeness (QED) is 0.280. The lowest BCUT2D eigenvalue weighted by molar-refractivity contribution is -0.140. The highest BCUT2D eigenvalue weighted by Gasteiger charge is 2.29. The molecule has 1 atom stereocenters. The lowest BCUT2D eigenvalue weighted by atomic mass is 9.89. The van der Waals surface area contributed by atoms with Crippen molar-refractivity contribution in [3.05, 3.63) is 81.7 Å². The fraction of sp³-hybridized carbons (Fsp3) is 0.250. The number of ether oxygens (including phenoxy) is 1. The molecular weight excluding hydrogens is 440 g/mol. The molecule has 0 radical (unpaired) electrons. The molecule has 0 spiro atoms. The number of aromatic hydroxyl groups is 3. The molecule has 0 fully saturated rings. The number of hydrogen-bond acceptors (Lipinski definition) is 8. The first-order valence-corrected chi connectivity index (χ1v) is 10.6. The van der Waals surface area contributed by atoms with Crippen LogP contribution in [0.3, 0.4) is 0 Å². The number of fused-ring (bicyclic) bond motifs is 1. The van der Waals surface area contributed by atoms with Gasteiger partial charge in [-0.05, 0) is 43.2 Å². The summed E-state index contributed by atoms with van der Waals surface area (Å²) in [6.45, 7) is 1.95. The molecule has 4 rings (SSSR count). The fourth-order valence-corrected chi connectivity index (χ4v) is 4.05. The van der Waals surface area contributed by atoms with E-state index in [2.05, 4.69) is 10.1 Å². The summed E-state index contributed by atoms with van der Waals surface area (Å²) in [5.41, 5.74) is 1.81. The summed E-state index contributed by atoms with van der Waals surface area (Å²) in [5, 5.41) is 34.3. The Kier molecular flexibility index (Phi) is 6.22. The molecule has 1 aromatic carbocycles. The maximum absolute atomic E-state index is 13.6. The smallest absolute Gasteiger partial charge is 0.306 e. The Morgan fingerprint density at radius 3 is 2.68 bits per heavy atom. The van der Waals surface area contributed by atoms with Crippen molar-refractivity contribution in [3.63, 3.8) is 0 Å². The molecule has 34 heavy (non-hydrogen) atoms. The molecule has 10 nitrogen and oxygen atoms in total. The van der Waals surface area contributed by atoms with Crippen LogP contribution in [0.5, 0.6) is 17.2 Å². The molecule has 0 saturated heterocycles. The number of carbonyl (C=O) groups excluding carboxylic acids is 1. The van der Waals surface area contributed by atoms with Crippen LogP contribution in [0.1, 0.15) is 34.7 Å². The third-order valence-electron chi connectivity index (χ3n) is 5.82. The minimum atomic E-state index is -0.836. The molecule has 0 amide bonds. The van der Waals surface area contributed by atoms with Crippen LogP contribution in [-0.4, -0.2) is 47.6 Å².